The lowest BCUT2D eigenvalue weighted by molar-refractivity contribution is 0.0881. The van der Waals surface area contributed by atoms with Crippen molar-refractivity contribution >= 4 is 10.1 Å². The van der Waals surface area contributed by atoms with Crippen LogP contribution in [0.4, 0.5) is 0 Å². The van der Waals surface area contributed by atoms with Gasteiger partial charge in [0.1, 0.15) is 0 Å². The van der Waals surface area contributed by atoms with Crippen LogP contribution in [-0.2, 0) is 14.9 Å². The molecule has 1 unspecified atom stereocenters. The van der Waals surface area contributed by atoms with E-state index >= 15 is 0 Å². The second-order valence-corrected chi connectivity index (χ2v) is 8.40. The Morgan fingerprint density at radius 1 is 0.720 bits per heavy atom. The quantitative estimate of drug-likeness (QED) is 0.215. The third-order valence-electron chi connectivity index (χ3n) is 4.43. The fraction of sp³-hybridized carbons (Fsp3) is 1.00. The molecular formula is C19H43NO4S. The molecule has 1 atom stereocenters. The summed E-state index contributed by atoms with van der Waals surface area (Å²) in [5, 5.41) is 0. The average molecular weight is 382 g/mol. The predicted octanol–water partition coefficient (Wildman–Crippen LogP) is 6.27. The van der Waals surface area contributed by atoms with Gasteiger partial charge in [-0.2, -0.15) is 8.42 Å². The first-order chi connectivity index (χ1) is 11.5. The molecule has 0 spiro atoms. The standard InChI is InChI=1S/C19H40O4S.H3N/c1-3-5-7-9-10-11-12-14-16-18-23-19(24(20,21)22)17-15-13-8-6-4-2;/h19H,3-18H2,1-2H3,(H,20,21,22);1H3. The molecule has 0 aromatic carbocycles. The van der Waals surface area contributed by atoms with Gasteiger partial charge in [0, 0.05) is 6.61 Å². The lowest BCUT2D eigenvalue weighted by Crippen LogP contribution is -2.24. The summed E-state index contributed by atoms with van der Waals surface area (Å²) in [6, 6.07) is 0. The Morgan fingerprint density at radius 3 is 1.56 bits per heavy atom. The maximum atomic E-state index is 11.4. The van der Waals surface area contributed by atoms with E-state index in [-0.39, 0.29) is 6.15 Å². The Bertz CT molecular complexity index is 360. The lowest BCUT2D eigenvalue weighted by atomic mass is 10.1. The van der Waals surface area contributed by atoms with Gasteiger partial charge in [0.2, 0.25) is 0 Å². The van der Waals surface area contributed by atoms with Crippen molar-refractivity contribution in [3.8, 4) is 0 Å². The van der Waals surface area contributed by atoms with Gasteiger partial charge in [-0.25, -0.2) is 0 Å². The van der Waals surface area contributed by atoms with E-state index in [9.17, 15) is 13.0 Å². The summed E-state index contributed by atoms with van der Waals surface area (Å²) < 4.78 is 37.5. The van der Waals surface area contributed by atoms with Gasteiger partial charge in [0.15, 0.2) is 5.44 Å². The first-order valence-corrected chi connectivity index (χ1v) is 11.6. The summed E-state index contributed by atoms with van der Waals surface area (Å²) in [4.78, 5) is 0. The van der Waals surface area contributed by atoms with Crippen molar-refractivity contribution in [1.29, 1.82) is 0 Å². The van der Waals surface area contributed by atoms with Gasteiger partial charge in [0.25, 0.3) is 10.1 Å². The van der Waals surface area contributed by atoms with Crippen molar-refractivity contribution in [3.63, 3.8) is 0 Å². The summed E-state index contributed by atoms with van der Waals surface area (Å²) in [5.74, 6) is 0. The molecule has 0 aliphatic rings. The van der Waals surface area contributed by atoms with E-state index in [1.54, 1.807) is 0 Å². The molecule has 0 aliphatic carbocycles. The number of hydrogen-bond acceptors (Lipinski definition) is 4. The van der Waals surface area contributed by atoms with Crippen LogP contribution in [0.3, 0.4) is 0 Å². The molecule has 0 aliphatic heterocycles. The van der Waals surface area contributed by atoms with Gasteiger partial charge in [-0.1, -0.05) is 90.9 Å². The van der Waals surface area contributed by atoms with E-state index < -0.39 is 15.6 Å². The maximum Gasteiger partial charge on any atom is 0.292 e. The lowest BCUT2D eigenvalue weighted by Gasteiger charge is -2.15. The molecule has 5 nitrogen and oxygen atoms in total. The van der Waals surface area contributed by atoms with Gasteiger partial charge in [-0.05, 0) is 19.3 Å². The topological polar surface area (TPSA) is 98.6 Å². The molecule has 0 bridgehead atoms. The van der Waals surface area contributed by atoms with Crippen LogP contribution in [0.5, 0.6) is 0 Å². The highest BCUT2D eigenvalue weighted by Crippen LogP contribution is 2.15. The Labute approximate surface area is 156 Å². The summed E-state index contributed by atoms with van der Waals surface area (Å²) in [5.41, 5.74) is -1.03. The number of unbranched alkanes of at least 4 members (excludes halogenated alkanes) is 12. The van der Waals surface area contributed by atoms with E-state index in [0.29, 0.717) is 13.0 Å². The fourth-order valence-corrected chi connectivity index (χ4v) is 3.59. The first kappa shape index (κ1) is 27.1. The van der Waals surface area contributed by atoms with Gasteiger partial charge >= 0.3 is 0 Å². The molecule has 0 saturated carbocycles. The van der Waals surface area contributed by atoms with Crippen LogP contribution in [0, 0.1) is 0 Å². The van der Waals surface area contributed by atoms with Gasteiger partial charge in [-0.15, -0.1) is 0 Å². The molecule has 4 N–H and O–H groups in total. The second-order valence-electron chi connectivity index (χ2n) is 6.85. The molecule has 25 heavy (non-hydrogen) atoms. The largest absolute Gasteiger partial charge is 0.360 e. The summed E-state index contributed by atoms with van der Waals surface area (Å²) in [6.45, 7) is 4.80. The zero-order valence-electron chi connectivity index (χ0n) is 16.7. The molecule has 0 rings (SSSR count). The van der Waals surface area contributed by atoms with Crippen molar-refractivity contribution in [2.45, 2.75) is 116 Å². The van der Waals surface area contributed by atoms with Crippen LogP contribution in [0.1, 0.15) is 110 Å². The Kier molecular flexibility index (Phi) is 20.1. The minimum absolute atomic E-state index is 0. The normalized spacial score (nSPS) is 12.8. The van der Waals surface area contributed by atoms with E-state index in [0.717, 1.165) is 38.5 Å². The van der Waals surface area contributed by atoms with Crippen molar-refractivity contribution in [2.75, 3.05) is 6.61 Å². The summed E-state index contributed by atoms with van der Waals surface area (Å²) >= 11 is 0. The van der Waals surface area contributed by atoms with E-state index in [4.69, 9.17) is 4.74 Å². The van der Waals surface area contributed by atoms with Gasteiger partial charge in [-0.3, -0.25) is 4.55 Å². The smallest absolute Gasteiger partial charge is 0.292 e. The zero-order chi connectivity index (χ0) is 18.1. The van der Waals surface area contributed by atoms with Gasteiger partial charge in [0.05, 0.1) is 0 Å². The predicted molar refractivity (Wildman–Crippen MR) is 107 cm³/mol. The van der Waals surface area contributed by atoms with E-state index in [1.807, 2.05) is 0 Å². The third-order valence-corrected chi connectivity index (χ3v) is 5.46. The second kappa shape index (κ2) is 18.6. The molecule has 154 valence electrons. The molecule has 0 radical (unpaired) electrons. The van der Waals surface area contributed by atoms with Crippen LogP contribution in [-0.4, -0.2) is 25.0 Å². The van der Waals surface area contributed by atoms with Gasteiger partial charge < -0.3 is 10.9 Å². The molecule has 0 aromatic heterocycles. The van der Waals surface area contributed by atoms with Crippen LogP contribution in [0.25, 0.3) is 0 Å². The van der Waals surface area contributed by atoms with Crippen LogP contribution in [0.2, 0.25) is 0 Å². The van der Waals surface area contributed by atoms with E-state index in [1.165, 1.54) is 51.4 Å². The number of ether oxygens (including phenoxy) is 1. The highest BCUT2D eigenvalue weighted by Gasteiger charge is 2.22. The van der Waals surface area contributed by atoms with Crippen LogP contribution < -0.4 is 6.15 Å². The minimum atomic E-state index is -4.09. The maximum absolute atomic E-state index is 11.4. The molecule has 0 saturated heterocycles. The van der Waals surface area contributed by atoms with Crippen molar-refractivity contribution < 1.29 is 17.7 Å². The Balaban J connectivity index is 0. The summed E-state index contributed by atoms with van der Waals surface area (Å²) in [6.07, 6.45) is 16.6. The monoisotopic (exact) mass is 381 g/mol. The first-order valence-electron chi connectivity index (χ1n) is 10.1. The Morgan fingerprint density at radius 2 is 1.12 bits per heavy atom. The van der Waals surface area contributed by atoms with Crippen molar-refractivity contribution in [2.24, 2.45) is 0 Å². The van der Waals surface area contributed by atoms with E-state index in [2.05, 4.69) is 13.8 Å². The molecule has 0 aromatic rings. The molecule has 0 fully saturated rings. The van der Waals surface area contributed by atoms with Crippen molar-refractivity contribution in [1.82, 2.24) is 6.15 Å². The highest BCUT2D eigenvalue weighted by atomic mass is 32.2. The number of rotatable bonds is 18. The minimum Gasteiger partial charge on any atom is -0.360 e. The molecule has 0 amide bonds. The Hall–Kier alpha value is -0.170. The number of hydrogen-bond donors (Lipinski definition) is 2. The summed E-state index contributed by atoms with van der Waals surface area (Å²) in [7, 11) is -4.09. The van der Waals surface area contributed by atoms with Crippen LogP contribution in [0.15, 0.2) is 0 Å². The average Bonchev–Trinajstić information content (AvgIpc) is 2.53. The highest BCUT2D eigenvalue weighted by molar-refractivity contribution is 7.86. The molecule has 6 heteroatoms. The fourth-order valence-electron chi connectivity index (χ4n) is 2.86. The molecule has 0 heterocycles. The zero-order valence-corrected chi connectivity index (χ0v) is 17.5. The van der Waals surface area contributed by atoms with Crippen molar-refractivity contribution in [3.05, 3.63) is 0 Å². The third kappa shape index (κ3) is 18.4. The molecular weight excluding hydrogens is 338 g/mol. The van der Waals surface area contributed by atoms with Crippen LogP contribution >= 0.6 is 0 Å². The SMILES string of the molecule is CCCCCCCCCCCOC(CCCCCCC)S(=O)(=O)O.N.